The molecule has 4 nitrogen and oxygen atoms in total. The first-order valence-corrected chi connectivity index (χ1v) is 7.22. The number of carbonyl (C=O) groups is 2. The summed E-state index contributed by atoms with van der Waals surface area (Å²) in [4.78, 5) is 23.5. The number of carbonyl (C=O) groups excluding carboxylic acids is 2. The van der Waals surface area contributed by atoms with Gasteiger partial charge in [0, 0.05) is 10.0 Å². The van der Waals surface area contributed by atoms with Crippen LogP contribution in [0.1, 0.15) is 26.3 Å². The third kappa shape index (κ3) is 3.62. The number of anilines is 1. The molecule has 0 bridgehead atoms. The molecule has 0 aromatic heterocycles. The van der Waals surface area contributed by atoms with Crippen molar-refractivity contribution in [1.82, 2.24) is 0 Å². The van der Waals surface area contributed by atoms with Crippen molar-refractivity contribution in [2.45, 2.75) is 6.92 Å². The Labute approximate surface area is 135 Å². The van der Waals surface area contributed by atoms with Crippen molar-refractivity contribution < 1.29 is 9.59 Å². The Morgan fingerprint density at radius 3 is 2.57 bits per heavy atom. The average molecular weight is 368 g/mol. The van der Waals surface area contributed by atoms with Crippen LogP contribution in [0.25, 0.3) is 0 Å². The molecule has 0 fully saturated rings. The lowest BCUT2D eigenvalue weighted by atomic mass is 10.1. The lowest BCUT2D eigenvalue weighted by Crippen LogP contribution is -2.15. The molecule has 0 saturated carbocycles. The Morgan fingerprint density at radius 2 is 1.90 bits per heavy atom. The minimum absolute atomic E-state index is 0.276. The van der Waals surface area contributed by atoms with E-state index in [9.17, 15) is 9.59 Å². The summed E-state index contributed by atoms with van der Waals surface area (Å²) in [5.41, 5.74) is 7.27. The molecule has 0 aliphatic heterocycles. The first kappa shape index (κ1) is 15.5. The summed E-state index contributed by atoms with van der Waals surface area (Å²) in [7, 11) is 0. The van der Waals surface area contributed by atoms with Gasteiger partial charge in [-0.05, 0) is 53.2 Å². The maximum absolute atomic E-state index is 12.3. The fourth-order valence-corrected chi connectivity index (χ4v) is 2.37. The van der Waals surface area contributed by atoms with Crippen LogP contribution < -0.4 is 11.1 Å². The number of rotatable bonds is 3. The van der Waals surface area contributed by atoms with Gasteiger partial charge in [0.05, 0.1) is 16.3 Å². The van der Waals surface area contributed by atoms with E-state index >= 15 is 0 Å². The standard InChI is InChI=1S/C15H12BrClN2O2/c1-8-2-4-11(16)10(6-8)15(21)19-13-7-9(14(18)20)3-5-12(13)17/h2-7H,1H3,(H2,18,20)(H,19,21). The van der Waals surface area contributed by atoms with E-state index in [0.29, 0.717) is 20.7 Å². The van der Waals surface area contributed by atoms with Crippen LogP contribution in [0.5, 0.6) is 0 Å². The van der Waals surface area contributed by atoms with Gasteiger partial charge in [-0.1, -0.05) is 23.2 Å². The van der Waals surface area contributed by atoms with Crippen molar-refractivity contribution in [3.8, 4) is 0 Å². The molecule has 0 saturated heterocycles. The van der Waals surface area contributed by atoms with Crippen molar-refractivity contribution in [3.63, 3.8) is 0 Å². The number of benzene rings is 2. The molecule has 2 rings (SSSR count). The van der Waals surface area contributed by atoms with Gasteiger partial charge in [-0.25, -0.2) is 0 Å². The van der Waals surface area contributed by atoms with Gasteiger partial charge < -0.3 is 11.1 Å². The molecule has 0 unspecified atom stereocenters. The molecule has 0 atom stereocenters. The molecule has 6 heteroatoms. The van der Waals surface area contributed by atoms with Gasteiger partial charge in [-0.15, -0.1) is 0 Å². The fraction of sp³-hybridized carbons (Fsp3) is 0.0667. The van der Waals surface area contributed by atoms with E-state index in [4.69, 9.17) is 17.3 Å². The molecule has 21 heavy (non-hydrogen) atoms. The van der Waals surface area contributed by atoms with Gasteiger partial charge in [0.25, 0.3) is 5.91 Å². The minimum atomic E-state index is -0.584. The van der Waals surface area contributed by atoms with Crippen LogP contribution in [0.3, 0.4) is 0 Å². The van der Waals surface area contributed by atoms with Crippen LogP contribution >= 0.6 is 27.5 Å². The van der Waals surface area contributed by atoms with E-state index in [1.165, 1.54) is 18.2 Å². The summed E-state index contributed by atoms with van der Waals surface area (Å²) in [6, 6.07) is 9.91. The van der Waals surface area contributed by atoms with Crippen LogP contribution in [0.4, 0.5) is 5.69 Å². The van der Waals surface area contributed by atoms with E-state index < -0.39 is 5.91 Å². The number of nitrogens with two attached hydrogens (primary N) is 1. The molecule has 2 aromatic rings. The van der Waals surface area contributed by atoms with E-state index in [1.54, 1.807) is 12.1 Å². The maximum atomic E-state index is 12.3. The molecular weight excluding hydrogens is 356 g/mol. The number of amides is 2. The second-order valence-corrected chi connectivity index (χ2v) is 5.76. The monoisotopic (exact) mass is 366 g/mol. The highest BCUT2D eigenvalue weighted by atomic mass is 79.9. The Kier molecular flexibility index (Phi) is 4.65. The smallest absolute Gasteiger partial charge is 0.256 e. The highest BCUT2D eigenvalue weighted by molar-refractivity contribution is 9.10. The van der Waals surface area contributed by atoms with Crippen molar-refractivity contribution in [1.29, 1.82) is 0 Å². The lowest BCUT2D eigenvalue weighted by Gasteiger charge is -2.10. The fourth-order valence-electron chi connectivity index (χ4n) is 1.78. The molecule has 0 aliphatic rings. The Bertz CT molecular complexity index is 732. The third-order valence-corrected chi connectivity index (χ3v) is 3.89. The number of aryl methyl sites for hydroxylation is 1. The summed E-state index contributed by atoms with van der Waals surface area (Å²) < 4.78 is 0.674. The predicted molar refractivity (Wildman–Crippen MR) is 86.8 cm³/mol. The van der Waals surface area contributed by atoms with Gasteiger partial charge in [-0.2, -0.15) is 0 Å². The van der Waals surface area contributed by atoms with Crippen LogP contribution in [-0.2, 0) is 0 Å². The van der Waals surface area contributed by atoms with Crippen molar-refractivity contribution in [3.05, 3.63) is 62.6 Å². The predicted octanol–water partition coefficient (Wildman–Crippen LogP) is 3.76. The number of primary amides is 1. The van der Waals surface area contributed by atoms with Crippen molar-refractivity contribution in [2.24, 2.45) is 5.73 Å². The number of nitrogens with one attached hydrogen (secondary N) is 1. The number of halogens is 2. The summed E-state index contributed by atoms with van der Waals surface area (Å²) >= 11 is 9.36. The summed E-state index contributed by atoms with van der Waals surface area (Å²) in [6.07, 6.45) is 0. The molecular formula is C15H12BrClN2O2. The Hall–Kier alpha value is -1.85. The SMILES string of the molecule is Cc1ccc(Br)c(C(=O)Nc2cc(C(N)=O)ccc2Cl)c1. The largest absolute Gasteiger partial charge is 0.366 e. The van der Waals surface area contributed by atoms with Gasteiger partial charge >= 0.3 is 0 Å². The molecule has 2 aromatic carbocycles. The zero-order valence-corrected chi connectivity index (χ0v) is 13.5. The average Bonchev–Trinajstić information content (AvgIpc) is 2.43. The van der Waals surface area contributed by atoms with Crippen LogP contribution in [0.15, 0.2) is 40.9 Å². The van der Waals surface area contributed by atoms with Gasteiger partial charge in [-0.3, -0.25) is 9.59 Å². The highest BCUT2D eigenvalue weighted by Gasteiger charge is 2.13. The van der Waals surface area contributed by atoms with Gasteiger partial charge in [0.2, 0.25) is 5.91 Å². The topological polar surface area (TPSA) is 72.2 Å². The van der Waals surface area contributed by atoms with E-state index in [1.807, 2.05) is 13.0 Å². The molecule has 108 valence electrons. The lowest BCUT2D eigenvalue weighted by molar-refractivity contribution is 0.0996. The molecule has 0 heterocycles. The third-order valence-electron chi connectivity index (χ3n) is 2.87. The van der Waals surface area contributed by atoms with Crippen molar-refractivity contribution in [2.75, 3.05) is 5.32 Å². The molecule has 0 radical (unpaired) electrons. The van der Waals surface area contributed by atoms with Crippen LogP contribution in [0, 0.1) is 6.92 Å². The molecule has 3 N–H and O–H groups in total. The minimum Gasteiger partial charge on any atom is -0.366 e. The number of hydrogen-bond acceptors (Lipinski definition) is 2. The van der Waals surface area contributed by atoms with Gasteiger partial charge in [0.1, 0.15) is 0 Å². The van der Waals surface area contributed by atoms with Crippen LogP contribution in [0.2, 0.25) is 5.02 Å². The Morgan fingerprint density at radius 1 is 1.19 bits per heavy atom. The zero-order chi connectivity index (χ0) is 15.6. The zero-order valence-electron chi connectivity index (χ0n) is 11.1. The highest BCUT2D eigenvalue weighted by Crippen LogP contribution is 2.25. The second-order valence-electron chi connectivity index (χ2n) is 4.50. The van der Waals surface area contributed by atoms with E-state index in [2.05, 4.69) is 21.2 Å². The van der Waals surface area contributed by atoms with Crippen molar-refractivity contribution >= 4 is 45.0 Å². The summed E-state index contributed by atoms with van der Waals surface area (Å²) in [5.74, 6) is -0.909. The number of hydrogen-bond donors (Lipinski definition) is 2. The normalized spacial score (nSPS) is 10.2. The maximum Gasteiger partial charge on any atom is 0.256 e. The molecule has 0 spiro atoms. The quantitative estimate of drug-likeness (QED) is 0.867. The molecule has 0 aliphatic carbocycles. The molecule has 2 amide bonds. The van der Waals surface area contributed by atoms with E-state index in [0.717, 1.165) is 5.56 Å². The first-order valence-electron chi connectivity index (χ1n) is 6.05. The summed E-state index contributed by atoms with van der Waals surface area (Å²) in [5, 5.41) is 3.01. The first-order chi connectivity index (χ1) is 9.88. The summed E-state index contributed by atoms with van der Waals surface area (Å²) in [6.45, 7) is 1.89. The Balaban J connectivity index is 2.33. The second kappa shape index (κ2) is 6.28. The van der Waals surface area contributed by atoms with Crippen LogP contribution in [-0.4, -0.2) is 11.8 Å². The van der Waals surface area contributed by atoms with Gasteiger partial charge in [0.15, 0.2) is 0 Å². The van der Waals surface area contributed by atoms with E-state index in [-0.39, 0.29) is 11.5 Å².